The summed E-state index contributed by atoms with van der Waals surface area (Å²) in [5.41, 5.74) is 0.411. The highest BCUT2D eigenvalue weighted by molar-refractivity contribution is 6.12. The number of aromatic nitrogens is 2. The van der Waals surface area contributed by atoms with Crippen LogP contribution >= 0.6 is 0 Å². The topological polar surface area (TPSA) is 79.3 Å². The summed E-state index contributed by atoms with van der Waals surface area (Å²) in [6.07, 6.45) is -0.909. The van der Waals surface area contributed by atoms with Gasteiger partial charge in [0.05, 0.1) is 16.6 Å². The monoisotopic (exact) mass is 435 g/mol. The van der Waals surface area contributed by atoms with E-state index in [1.807, 2.05) is 0 Å². The van der Waals surface area contributed by atoms with Crippen molar-refractivity contribution in [3.63, 3.8) is 0 Å². The minimum absolute atomic E-state index is 0.0500. The lowest BCUT2D eigenvalue weighted by molar-refractivity contribution is -0.141. The molecule has 2 bridgehead atoms. The number of halogens is 3. The van der Waals surface area contributed by atoms with Crippen molar-refractivity contribution < 1.29 is 22.8 Å². The molecular weight excluding hydrogens is 411 g/mol. The lowest BCUT2D eigenvalue weighted by Gasteiger charge is -2.44. The molecule has 0 spiro atoms. The molecule has 1 aromatic carbocycles. The number of anilines is 1. The van der Waals surface area contributed by atoms with Gasteiger partial charge in [0.1, 0.15) is 6.54 Å². The van der Waals surface area contributed by atoms with Gasteiger partial charge in [0, 0.05) is 18.5 Å². The van der Waals surface area contributed by atoms with Crippen molar-refractivity contribution in [2.45, 2.75) is 44.4 Å². The Morgan fingerprint density at radius 3 is 2.48 bits per heavy atom. The number of carbonyl (C=O) groups excluding carboxylic acids is 2. The van der Waals surface area contributed by atoms with E-state index in [4.69, 9.17) is 0 Å². The molecule has 2 aromatic rings. The lowest BCUT2D eigenvalue weighted by Crippen LogP contribution is -2.57. The maximum atomic E-state index is 13.2. The summed E-state index contributed by atoms with van der Waals surface area (Å²) in [6.45, 7) is 1.45. The SMILES string of the molecule is O=C(N[C@@H]1CN2CCC1CC2)c1nn(CC(F)(F)F)c2cccc(NC(=O)C3CC3)c12. The third-order valence-corrected chi connectivity index (χ3v) is 6.50. The molecule has 0 unspecified atom stereocenters. The van der Waals surface area contributed by atoms with Crippen molar-refractivity contribution in [1.82, 2.24) is 20.0 Å². The lowest BCUT2D eigenvalue weighted by atomic mass is 9.84. The number of fused-ring (bicyclic) bond motifs is 4. The van der Waals surface area contributed by atoms with Crippen molar-refractivity contribution in [1.29, 1.82) is 0 Å². The molecule has 1 aliphatic carbocycles. The first kappa shape index (κ1) is 20.3. The summed E-state index contributed by atoms with van der Waals surface area (Å²) in [6, 6.07) is 4.61. The minimum atomic E-state index is -4.49. The largest absolute Gasteiger partial charge is 0.408 e. The van der Waals surface area contributed by atoms with E-state index in [2.05, 4.69) is 20.6 Å². The number of benzene rings is 1. The highest BCUT2D eigenvalue weighted by atomic mass is 19.4. The Balaban J connectivity index is 1.50. The van der Waals surface area contributed by atoms with Crippen LogP contribution in [0.3, 0.4) is 0 Å². The Labute approximate surface area is 176 Å². The van der Waals surface area contributed by atoms with E-state index in [1.54, 1.807) is 12.1 Å². The highest BCUT2D eigenvalue weighted by Crippen LogP contribution is 2.34. The predicted octanol–water partition coefficient (Wildman–Crippen LogP) is 2.77. The highest BCUT2D eigenvalue weighted by Gasteiger charge is 2.37. The first-order valence-corrected chi connectivity index (χ1v) is 10.7. The molecule has 1 saturated carbocycles. The number of carbonyl (C=O) groups is 2. The van der Waals surface area contributed by atoms with Crippen LogP contribution in [0.15, 0.2) is 18.2 Å². The van der Waals surface area contributed by atoms with Gasteiger partial charge in [-0.05, 0) is 56.8 Å². The second-order valence-electron chi connectivity index (χ2n) is 8.80. The van der Waals surface area contributed by atoms with Crippen molar-refractivity contribution >= 4 is 28.4 Å². The molecule has 4 aliphatic rings. The summed E-state index contributed by atoms with van der Waals surface area (Å²) in [7, 11) is 0. The summed E-state index contributed by atoms with van der Waals surface area (Å²) in [5.74, 6) is -0.395. The van der Waals surface area contributed by atoms with Gasteiger partial charge in [-0.1, -0.05) is 6.07 Å². The smallest absolute Gasteiger partial charge is 0.346 e. The van der Waals surface area contributed by atoms with Gasteiger partial charge in [0.2, 0.25) is 5.91 Å². The molecule has 1 atom stereocenters. The molecule has 2 N–H and O–H groups in total. The van der Waals surface area contributed by atoms with Gasteiger partial charge in [-0.25, -0.2) is 0 Å². The number of nitrogens with zero attached hydrogens (tertiary/aromatic N) is 3. The average molecular weight is 435 g/mol. The molecule has 4 heterocycles. The predicted molar refractivity (Wildman–Crippen MR) is 108 cm³/mol. The molecule has 1 aromatic heterocycles. The van der Waals surface area contributed by atoms with Gasteiger partial charge in [0.15, 0.2) is 5.69 Å². The standard InChI is InChI=1S/C21H24F3N5O2/c22-21(23,24)11-29-16-3-1-2-14(25-19(30)13-4-5-13)17(16)18(27-29)20(31)26-15-10-28-8-6-12(15)7-9-28/h1-3,12-13,15H,4-11H2,(H,25,30)(H,26,31)/t15-/m1/s1. The fraction of sp³-hybridized carbons (Fsp3) is 0.571. The van der Waals surface area contributed by atoms with Gasteiger partial charge in [-0.15, -0.1) is 0 Å². The van der Waals surface area contributed by atoms with Gasteiger partial charge in [-0.3, -0.25) is 14.3 Å². The Morgan fingerprint density at radius 1 is 1.13 bits per heavy atom. The Kier molecular flexibility index (Phi) is 4.91. The van der Waals surface area contributed by atoms with E-state index < -0.39 is 18.6 Å². The zero-order chi connectivity index (χ0) is 21.8. The van der Waals surface area contributed by atoms with Crippen LogP contribution in [0.25, 0.3) is 10.9 Å². The minimum Gasteiger partial charge on any atom is -0.346 e. The number of nitrogens with one attached hydrogen (secondary N) is 2. The quantitative estimate of drug-likeness (QED) is 0.757. The maximum absolute atomic E-state index is 13.2. The van der Waals surface area contributed by atoms with Crippen LogP contribution in [-0.4, -0.2) is 58.3 Å². The number of hydrogen-bond acceptors (Lipinski definition) is 4. The normalized spacial score (nSPS) is 25.6. The van der Waals surface area contributed by atoms with Gasteiger partial charge < -0.3 is 15.5 Å². The van der Waals surface area contributed by atoms with E-state index in [0.717, 1.165) is 50.0 Å². The van der Waals surface area contributed by atoms with Crippen LogP contribution in [0.4, 0.5) is 18.9 Å². The molecular formula is C21H24F3N5O2. The summed E-state index contributed by atoms with van der Waals surface area (Å²) in [5, 5.41) is 10.1. The first-order valence-electron chi connectivity index (χ1n) is 10.7. The second kappa shape index (κ2) is 7.51. The van der Waals surface area contributed by atoms with Crippen molar-refractivity contribution in [3.05, 3.63) is 23.9 Å². The third kappa shape index (κ3) is 4.13. The molecule has 0 radical (unpaired) electrons. The Bertz CT molecular complexity index is 1020. The van der Waals surface area contributed by atoms with Gasteiger partial charge >= 0.3 is 6.18 Å². The van der Waals surface area contributed by atoms with Gasteiger partial charge in [0.25, 0.3) is 5.91 Å². The van der Waals surface area contributed by atoms with Crippen molar-refractivity contribution in [3.8, 4) is 0 Å². The van der Waals surface area contributed by atoms with Crippen LogP contribution < -0.4 is 10.6 Å². The number of rotatable bonds is 5. The summed E-state index contributed by atoms with van der Waals surface area (Å²) >= 11 is 0. The molecule has 10 heteroatoms. The van der Waals surface area contributed by atoms with Gasteiger partial charge in [-0.2, -0.15) is 18.3 Å². The zero-order valence-corrected chi connectivity index (χ0v) is 16.9. The van der Waals surface area contributed by atoms with E-state index in [9.17, 15) is 22.8 Å². The fourth-order valence-electron chi connectivity index (χ4n) is 4.73. The Hall–Kier alpha value is -2.62. The molecule has 166 valence electrons. The van der Waals surface area contributed by atoms with Crippen LogP contribution in [0, 0.1) is 11.8 Å². The fourth-order valence-corrected chi connectivity index (χ4v) is 4.73. The first-order chi connectivity index (χ1) is 14.8. The van der Waals surface area contributed by atoms with Crippen LogP contribution in [0.1, 0.15) is 36.2 Å². The number of hydrogen-bond donors (Lipinski definition) is 2. The maximum Gasteiger partial charge on any atom is 0.408 e. The average Bonchev–Trinajstić information content (AvgIpc) is 3.51. The number of amides is 2. The molecule has 31 heavy (non-hydrogen) atoms. The number of piperidine rings is 3. The summed E-state index contributed by atoms with van der Waals surface area (Å²) in [4.78, 5) is 27.8. The van der Waals surface area contributed by atoms with E-state index in [0.29, 0.717) is 11.6 Å². The molecule has 4 fully saturated rings. The van der Waals surface area contributed by atoms with E-state index in [1.165, 1.54) is 6.07 Å². The molecule has 3 saturated heterocycles. The third-order valence-electron chi connectivity index (χ3n) is 6.50. The molecule has 2 amide bonds. The van der Waals surface area contributed by atoms with Crippen LogP contribution in [0.5, 0.6) is 0 Å². The van der Waals surface area contributed by atoms with E-state index in [-0.39, 0.29) is 34.5 Å². The van der Waals surface area contributed by atoms with Crippen LogP contribution in [0.2, 0.25) is 0 Å². The summed E-state index contributed by atoms with van der Waals surface area (Å²) < 4.78 is 40.2. The second-order valence-corrected chi connectivity index (χ2v) is 8.80. The van der Waals surface area contributed by atoms with Crippen molar-refractivity contribution in [2.75, 3.05) is 25.0 Å². The molecule has 6 rings (SSSR count). The van der Waals surface area contributed by atoms with E-state index >= 15 is 0 Å². The number of alkyl halides is 3. The Morgan fingerprint density at radius 2 is 1.87 bits per heavy atom. The zero-order valence-electron chi connectivity index (χ0n) is 16.9. The van der Waals surface area contributed by atoms with Crippen molar-refractivity contribution in [2.24, 2.45) is 11.8 Å². The van der Waals surface area contributed by atoms with Crippen LogP contribution in [-0.2, 0) is 11.3 Å². The molecule has 7 nitrogen and oxygen atoms in total. The molecule has 3 aliphatic heterocycles.